The molecule has 0 aliphatic carbocycles. The summed E-state index contributed by atoms with van der Waals surface area (Å²) < 4.78 is 5.70. The van der Waals surface area contributed by atoms with Gasteiger partial charge in [-0.3, -0.25) is 4.79 Å². The van der Waals surface area contributed by atoms with E-state index in [9.17, 15) is 4.79 Å². The summed E-state index contributed by atoms with van der Waals surface area (Å²) in [4.78, 5) is 13.0. The number of nitrogens with one attached hydrogen (secondary N) is 1. The van der Waals surface area contributed by atoms with Crippen LogP contribution in [0.1, 0.15) is 17.5 Å². The number of amides is 1. The molecule has 0 aromatic heterocycles. The Morgan fingerprint density at radius 3 is 2.70 bits per heavy atom. The third kappa shape index (κ3) is 6.37. The van der Waals surface area contributed by atoms with Gasteiger partial charge in [-0.05, 0) is 43.2 Å². The monoisotopic (exact) mass is 329 g/mol. The Labute approximate surface area is 142 Å². The van der Waals surface area contributed by atoms with Crippen LogP contribution in [0.4, 0.5) is 0 Å². The maximum Gasteiger partial charge on any atom is 0.223 e. The average Bonchev–Trinajstić information content (AvgIpc) is 2.56. The van der Waals surface area contributed by atoms with Crippen LogP contribution in [-0.4, -0.2) is 24.8 Å². The van der Waals surface area contributed by atoms with E-state index >= 15 is 0 Å². The van der Waals surface area contributed by atoms with Gasteiger partial charge in [-0.25, -0.2) is 0 Å². The SMILES string of the molecule is Cc1ccc(C)c(OCCC(=O)NCCSc2ccccc2)c1. The summed E-state index contributed by atoms with van der Waals surface area (Å²) >= 11 is 1.74. The number of hydrogen-bond donors (Lipinski definition) is 1. The maximum atomic E-state index is 11.8. The molecule has 0 saturated heterocycles. The molecule has 2 aromatic rings. The van der Waals surface area contributed by atoms with E-state index in [-0.39, 0.29) is 5.91 Å². The van der Waals surface area contributed by atoms with Gasteiger partial charge in [0.2, 0.25) is 5.91 Å². The second-order valence-corrected chi connectivity index (χ2v) is 6.55. The maximum absolute atomic E-state index is 11.8. The third-order valence-corrected chi connectivity index (χ3v) is 4.38. The van der Waals surface area contributed by atoms with E-state index in [1.54, 1.807) is 11.8 Å². The summed E-state index contributed by atoms with van der Waals surface area (Å²) in [6.07, 6.45) is 0.378. The molecule has 0 heterocycles. The zero-order valence-electron chi connectivity index (χ0n) is 13.7. The van der Waals surface area contributed by atoms with E-state index in [4.69, 9.17) is 4.74 Å². The van der Waals surface area contributed by atoms with Gasteiger partial charge in [0.25, 0.3) is 0 Å². The smallest absolute Gasteiger partial charge is 0.223 e. The Morgan fingerprint density at radius 2 is 1.91 bits per heavy atom. The number of ether oxygens (including phenoxy) is 1. The summed E-state index contributed by atoms with van der Waals surface area (Å²) in [6, 6.07) is 16.3. The Bertz CT molecular complexity index is 629. The fourth-order valence-electron chi connectivity index (χ4n) is 2.08. The number of hydrogen-bond acceptors (Lipinski definition) is 3. The van der Waals surface area contributed by atoms with Crippen molar-refractivity contribution in [1.29, 1.82) is 0 Å². The van der Waals surface area contributed by atoms with Crippen molar-refractivity contribution in [1.82, 2.24) is 5.32 Å². The van der Waals surface area contributed by atoms with Crippen molar-refractivity contribution in [3.63, 3.8) is 0 Å². The molecule has 0 aliphatic heterocycles. The molecule has 0 bridgehead atoms. The van der Waals surface area contributed by atoms with Gasteiger partial charge in [-0.1, -0.05) is 30.3 Å². The van der Waals surface area contributed by atoms with E-state index in [2.05, 4.69) is 23.5 Å². The highest BCUT2D eigenvalue weighted by molar-refractivity contribution is 7.99. The van der Waals surface area contributed by atoms with Crippen molar-refractivity contribution in [3.05, 3.63) is 59.7 Å². The quantitative estimate of drug-likeness (QED) is 0.588. The van der Waals surface area contributed by atoms with Crippen LogP contribution in [0.25, 0.3) is 0 Å². The normalized spacial score (nSPS) is 10.3. The summed E-state index contributed by atoms with van der Waals surface area (Å²) in [5.74, 6) is 1.76. The van der Waals surface area contributed by atoms with Gasteiger partial charge in [0.05, 0.1) is 13.0 Å². The van der Waals surface area contributed by atoms with Crippen molar-refractivity contribution in [2.75, 3.05) is 18.9 Å². The molecular formula is C19H23NO2S. The minimum atomic E-state index is 0.0315. The number of rotatable bonds is 8. The lowest BCUT2D eigenvalue weighted by Gasteiger charge is -2.10. The van der Waals surface area contributed by atoms with Gasteiger partial charge in [0.1, 0.15) is 5.75 Å². The Balaban J connectivity index is 1.61. The highest BCUT2D eigenvalue weighted by atomic mass is 32.2. The number of aryl methyl sites for hydroxylation is 2. The van der Waals surface area contributed by atoms with Crippen molar-refractivity contribution in [3.8, 4) is 5.75 Å². The second-order valence-electron chi connectivity index (χ2n) is 5.38. The van der Waals surface area contributed by atoms with Gasteiger partial charge in [-0.15, -0.1) is 11.8 Å². The number of carbonyl (C=O) groups excluding carboxylic acids is 1. The molecule has 0 radical (unpaired) electrons. The lowest BCUT2D eigenvalue weighted by Crippen LogP contribution is -2.27. The fraction of sp³-hybridized carbons (Fsp3) is 0.316. The summed E-state index contributed by atoms with van der Waals surface area (Å²) in [7, 11) is 0. The highest BCUT2D eigenvalue weighted by Crippen LogP contribution is 2.19. The Morgan fingerprint density at radius 1 is 1.13 bits per heavy atom. The van der Waals surface area contributed by atoms with Crippen molar-refractivity contribution in [2.24, 2.45) is 0 Å². The van der Waals surface area contributed by atoms with Crippen molar-refractivity contribution >= 4 is 17.7 Å². The van der Waals surface area contributed by atoms with Gasteiger partial charge in [0, 0.05) is 17.2 Å². The van der Waals surface area contributed by atoms with Crippen molar-refractivity contribution < 1.29 is 9.53 Å². The zero-order valence-corrected chi connectivity index (χ0v) is 14.5. The van der Waals surface area contributed by atoms with Crippen molar-refractivity contribution in [2.45, 2.75) is 25.2 Å². The topological polar surface area (TPSA) is 38.3 Å². The Hall–Kier alpha value is -1.94. The molecule has 0 aliphatic rings. The lowest BCUT2D eigenvalue weighted by molar-refractivity contribution is -0.121. The first-order valence-corrected chi connectivity index (χ1v) is 8.78. The lowest BCUT2D eigenvalue weighted by atomic mass is 10.1. The van der Waals surface area contributed by atoms with Crippen LogP contribution in [0.15, 0.2) is 53.4 Å². The molecule has 3 nitrogen and oxygen atoms in total. The molecule has 0 saturated carbocycles. The van der Waals surface area contributed by atoms with E-state index in [1.807, 2.05) is 44.2 Å². The standard InChI is InChI=1S/C19H23NO2S/c1-15-8-9-16(2)18(14-15)22-12-10-19(21)20-11-13-23-17-6-4-3-5-7-17/h3-9,14H,10-13H2,1-2H3,(H,20,21). The van der Waals surface area contributed by atoms with Crippen LogP contribution in [0.3, 0.4) is 0 Å². The first-order chi connectivity index (χ1) is 11.1. The van der Waals surface area contributed by atoms with E-state index in [0.717, 1.165) is 22.6 Å². The van der Waals surface area contributed by atoms with Crippen LogP contribution in [0, 0.1) is 13.8 Å². The average molecular weight is 329 g/mol. The molecule has 1 amide bonds. The summed E-state index contributed by atoms with van der Waals surface area (Å²) in [5.41, 5.74) is 2.25. The zero-order chi connectivity index (χ0) is 16.5. The largest absolute Gasteiger partial charge is 0.493 e. The number of thioether (sulfide) groups is 1. The fourth-order valence-corrected chi connectivity index (χ4v) is 2.87. The first-order valence-electron chi connectivity index (χ1n) is 7.80. The molecular weight excluding hydrogens is 306 g/mol. The predicted molar refractivity (Wildman–Crippen MR) is 96.2 cm³/mol. The predicted octanol–water partition coefficient (Wildman–Crippen LogP) is 3.98. The van der Waals surface area contributed by atoms with Crippen LogP contribution in [0.5, 0.6) is 5.75 Å². The molecule has 1 N–H and O–H groups in total. The molecule has 23 heavy (non-hydrogen) atoms. The molecule has 0 unspecified atom stereocenters. The minimum absolute atomic E-state index is 0.0315. The molecule has 0 spiro atoms. The summed E-state index contributed by atoms with van der Waals surface area (Å²) in [5, 5.41) is 2.93. The van der Waals surface area contributed by atoms with E-state index in [0.29, 0.717) is 19.6 Å². The van der Waals surface area contributed by atoms with Gasteiger partial charge in [-0.2, -0.15) is 0 Å². The summed E-state index contributed by atoms with van der Waals surface area (Å²) in [6.45, 7) is 5.11. The molecule has 2 aromatic carbocycles. The molecule has 0 fully saturated rings. The Kier molecular flexibility index (Phi) is 7.01. The number of carbonyl (C=O) groups is 1. The highest BCUT2D eigenvalue weighted by Gasteiger charge is 2.04. The minimum Gasteiger partial charge on any atom is -0.493 e. The van der Waals surface area contributed by atoms with Gasteiger partial charge >= 0.3 is 0 Å². The molecule has 2 rings (SSSR count). The van der Waals surface area contributed by atoms with Gasteiger partial charge < -0.3 is 10.1 Å². The molecule has 0 atom stereocenters. The third-order valence-electron chi connectivity index (χ3n) is 3.37. The molecule has 4 heteroatoms. The molecule has 122 valence electrons. The van der Waals surface area contributed by atoms with Crippen LogP contribution >= 0.6 is 11.8 Å². The van der Waals surface area contributed by atoms with E-state index in [1.165, 1.54) is 4.90 Å². The van der Waals surface area contributed by atoms with E-state index < -0.39 is 0 Å². The van der Waals surface area contributed by atoms with Crippen LogP contribution < -0.4 is 10.1 Å². The van der Waals surface area contributed by atoms with Crippen LogP contribution in [0.2, 0.25) is 0 Å². The first kappa shape index (κ1) is 17.4. The van der Waals surface area contributed by atoms with Crippen LogP contribution in [-0.2, 0) is 4.79 Å². The van der Waals surface area contributed by atoms with Gasteiger partial charge in [0.15, 0.2) is 0 Å². The second kappa shape index (κ2) is 9.26. The number of benzene rings is 2.